The van der Waals surface area contributed by atoms with Crippen molar-refractivity contribution in [2.75, 3.05) is 39.5 Å². The number of nitrogens with zero attached hydrogens (tertiary/aromatic N) is 2. The molecule has 0 aliphatic heterocycles. The standard InChI is InChI=1S/C12H22N2O6/c15-7-9-19-11(17)3-1-5-13-14-6-2-4-12(18)20-10-8-16/h15-16H,1-10H2. The zero-order valence-electron chi connectivity index (χ0n) is 11.5. The van der Waals surface area contributed by atoms with Gasteiger partial charge in [-0.2, -0.15) is 10.2 Å². The Balaban J connectivity index is 3.36. The second-order valence-electron chi connectivity index (χ2n) is 3.83. The lowest BCUT2D eigenvalue weighted by atomic mass is 10.3. The van der Waals surface area contributed by atoms with Crippen LogP contribution in [0.1, 0.15) is 25.7 Å². The van der Waals surface area contributed by atoms with Crippen molar-refractivity contribution < 1.29 is 29.3 Å². The summed E-state index contributed by atoms with van der Waals surface area (Å²) in [5.74, 6) is -0.721. The molecule has 8 heteroatoms. The highest BCUT2D eigenvalue weighted by Gasteiger charge is 2.02. The van der Waals surface area contributed by atoms with Crippen LogP contribution in [0.5, 0.6) is 0 Å². The number of hydrogen-bond donors (Lipinski definition) is 2. The van der Waals surface area contributed by atoms with E-state index in [-0.39, 0.29) is 51.2 Å². The van der Waals surface area contributed by atoms with Gasteiger partial charge in [-0.3, -0.25) is 9.59 Å². The third-order valence-electron chi connectivity index (χ3n) is 2.09. The van der Waals surface area contributed by atoms with Crippen LogP contribution in [-0.2, 0) is 19.1 Å². The normalized spacial score (nSPS) is 10.7. The predicted molar refractivity (Wildman–Crippen MR) is 69.1 cm³/mol. The van der Waals surface area contributed by atoms with E-state index in [1.54, 1.807) is 0 Å². The van der Waals surface area contributed by atoms with E-state index in [4.69, 9.17) is 10.2 Å². The Hall–Kier alpha value is -1.54. The van der Waals surface area contributed by atoms with Crippen molar-refractivity contribution in [2.45, 2.75) is 25.7 Å². The smallest absolute Gasteiger partial charge is 0.305 e. The van der Waals surface area contributed by atoms with Gasteiger partial charge in [0.2, 0.25) is 0 Å². The van der Waals surface area contributed by atoms with Gasteiger partial charge in [-0.05, 0) is 12.8 Å². The molecule has 0 spiro atoms. The summed E-state index contributed by atoms with van der Waals surface area (Å²) in [7, 11) is 0. The summed E-state index contributed by atoms with van der Waals surface area (Å²) in [5.41, 5.74) is 0. The minimum Gasteiger partial charge on any atom is -0.463 e. The Kier molecular flexibility index (Phi) is 12.8. The lowest BCUT2D eigenvalue weighted by Gasteiger charge is -2.01. The molecule has 0 atom stereocenters. The molecule has 0 radical (unpaired) electrons. The van der Waals surface area contributed by atoms with Gasteiger partial charge in [0.1, 0.15) is 13.2 Å². The predicted octanol–water partition coefficient (Wildman–Crippen LogP) is 0.0700. The van der Waals surface area contributed by atoms with Crippen LogP contribution in [0, 0.1) is 0 Å². The number of hydrogen-bond acceptors (Lipinski definition) is 8. The third-order valence-corrected chi connectivity index (χ3v) is 2.09. The second kappa shape index (κ2) is 13.9. The first-order valence-corrected chi connectivity index (χ1v) is 6.57. The molecule has 0 fully saturated rings. The number of aliphatic hydroxyl groups is 2. The molecule has 20 heavy (non-hydrogen) atoms. The molecule has 0 amide bonds. The van der Waals surface area contributed by atoms with Gasteiger partial charge in [0.05, 0.1) is 26.3 Å². The third kappa shape index (κ3) is 12.9. The highest BCUT2D eigenvalue weighted by atomic mass is 16.5. The molecule has 116 valence electrons. The quantitative estimate of drug-likeness (QED) is 0.298. The minimum absolute atomic E-state index is 0.0206. The maximum absolute atomic E-state index is 11.0. The second-order valence-corrected chi connectivity index (χ2v) is 3.83. The number of rotatable bonds is 12. The van der Waals surface area contributed by atoms with Crippen molar-refractivity contribution in [1.29, 1.82) is 0 Å². The number of esters is 2. The van der Waals surface area contributed by atoms with E-state index in [1.165, 1.54) is 0 Å². The van der Waals surface area contributed by atoms with E-state index in [0.29, 0.717) is 25.9 Å². The highest BCUT2D eigenvalue weighted by Crippen LogP contribution is 1.96. The molecule has 8 nitrogen and oxygen atoms in total. The van der Waals surface area contributed by atoms with E-state index in [1.807, 2.05) is 0 Å². The van der Waals surface area contributed by atoms with Gasteiger partial charge in [0.25, 0.3) is 0 Å². The van der Waals surface area contributed by atoms with Gasteiger partial charge in [-0.25, -0.2) is 0 Å². The molecule has 0 saturated carbocycles. The number of carbonyl (C=O) groups excluding carboxylic acids is 2. The largest absolute Gasteiger partial charge is 0.463 e. The molecule has 0 aromatic rings. The molecule has 0 rings (SSSR count). The first kappa shape index (κ1) is 18.5. The average Bonchev–Trinajstić information content (AvgIpc) is 2.45. The fraction of sp³-hybridized carbons (Fsp3) is 0.833. The fourth-order valence-electron chi connectivity index (χ4n) is 1.19. The molecular weight excluding hydrogens is 268 g/mol. The first-order chi connectivity index (χ1) is 9.70. The van der Waals surface area contributed by atoms with E-state index >= 15 is 0 Å². The van der Waals surface area contributed by atoms with Crippen LogP contribution in [0.2, 0.25) is 0 Å². The molecule has 0 heterocycles. The van der Waals surface area contributed by atoms with Gasteiger partial charge < -0.3 is 19.7 Å². The summed E-state index contributed by atoms with van der Waals surface area (Å²) >= 11 is 0. The van der Waals surface area contributed by atoms with Crippen molar-refractivity contribution >= 4 is 11.9 Å². The summed E-state index contributed by atoms with van der Waals surface area (Å²) in [6.07, 6.45) is 1.55. The molecule has 0 aliphatic rings. The maximum Gasteiger partial charge on any atom is 0.305 e. The summed E-state index contributed by atoms with van der Waals surface area (Å²) < 4.78 is 9.33. The SMILES string of the molecule is O=C(CCCN=NCCCC(=O)OCCO)OCCO. The Bertz CT molecular complexity index is 268. The van der Waals surface area contributed by atoms with Crippen LogP contribution < -0.4 is 0 Å². The average molecular weight is 290 g/mol. The maximum atomic E-state index is 11.0. The fourth-order valence-corrected chi connectivity index (χ4v) is 1.19. The van der Waals surface area contributed by atoms with Gasteiger partial charge in [-0.1, -0.05) is 0 Å². The monoisotopic (exact) mass is 290 g/mol. The Morgan fingerprint density at radius 3 is 1.55 bits per heavy atom. The number of ether oxygens (including phenoxy) is 2. The molecule has 0 aliphatic carbocycles. The molecule has 2 N–H and O–H groups in total. The summed E-state index contributed by atoms with van der Waals surface area (Å²) in [5, 5.41) is 24.6. The van der Waals surface area contributed by atoms with E-state index in [0.717, 1.165) is 0 Å². The molecule has 0 aromatic heterocycles. The van der Waals surface area contributed by atoms with Crippen LogP contribution in [-0.4, -0.2) is 61.7 Å². The number of carbonyl (C=O) groups is 2. The lowest BCUT2D eigenvalue weighted by molar-refractivity contribution is -0.145. The van der Waals surface area contributed by atoms with Gasteiger partial charge in [-0.15, -0.1) is 0 Å². The number of azo groups is 1. The zero-order valence-corrected chi connectivity index (χ0v) is 11.5. The van der Waals surface area contributed by atoms with Crippen molar-refractivity contribution in [2.24, 2.45) is 10.2 Å². The van der Waals surface area contributed by atoms with Crippen molar-refractivity contribution in [3.8, 4) is 0 Å². The highest BCUT2D eigenvalue weighted by molar-refractivity contribution is 5.69. The topological polar surface area (TPSA) is 118 Å². The Morgan fingerprint density at radius 1 is 0.800 bits per heavy atom. The van der Waals surface area contributed by atoms with Crippen LogP contribution in [0.15, 0.2) is 10.2 Å². The summed E-state index contributed by atoms with van der Waals surface area (Å²) in [6.45, 7) is 0.532. The van der Waals surface area contributed by atoms with Crippen molar-refractivity contribution in [1.82, 2.24) is 0 Å². The molecule has 0 bridgehead atoms. The summed E-state index contributed by atoms with van der Waals surface area (Å²) in [6, 6.07) is 0. The van der Waals surface area contributed by atoms with E-state index in [2.05, 4.69) is 19.7 Å². The molecule has 0 unspecified atom stereocenters. The molecular formula is C12H22N2O6. The van der Waals surface area contributed by atoms with Crippen molar-refractivity contribution in [3.63, 3.8) is 0 Å². The Morgan fingerprint density at radius 2 is 1.20 bits per heavy atom. The first-order valence-electron chi connectivity index (χ1n) is 6.57. The van der Waals surface area contributed by atoms with Crippen LogP contribution >= 0.6 is 0 Å². The molecule has 0 aromatic carbocycles. The van der Waals surface area contributed by atoms with Crippen LogP contribution in [0.25, 0.3) is 0 Å². The minimum atomic E-state index is -0.360. The zero-order chi connectivity index (χ0) is 15.1. The van der Waals surface area contributed by atoms with Crippen LogP contribution in [0.3, 0.4) is 0 Å². The van der Waals surface area contributed by atoms with Gasteiger partial charge in [0, 0.05) is 12.8 Å². The van der Waals surface area contributed by atoms with Gasteiger partial charge >= 0.3 is 11.9 Å². The Labute approximate surface area is 117 Å². The van der Waals surface area contributed by atoms with Crippen molar-refractivity contribution in [3.05, 3.63) is 0 Å². The molecule has 0 saturated heterocycles. The number of aliphatic hydroxyl groups excluding tert-OH is 2. The lowest BCUT2D eigenvalue weighted by Crippen LogP contribution is -2.08. The van der Waals surface area contributed by atoms with E-state index < -0.39 is 0 Å². The van der Waals surface area contributed by atoms with E-state index in [9.17, 15) is 9.59 Å². The van der Waals surface area contributed by atoms with Crippen LogP contribution in [0.4, 0.5) is 0 Å². The summed E-state index contributed by atoms with van der Waals surface area (Å²) in [4.78, 5) is 22.0. The van der Waals surface area contributed by atoms with Gasteiger partial charge in [0.15, 0.2) is 0 Å².